The summed E-state index contributed by atoms with van der Waals surface area (Å²) in [6, 6.07) is 9.08. The molecule has 0 unspecified atom stereocenters. The summed E-state index contributed by atoms with van der Waals surface area (Å²) in [5, 5.41) is 2.82. The van der Waals surface area contributed by atoms with E-state index < -0.39 is 0 Å². The van der Waals surface area contributed by atoms with Crippen molar-refractivity contribution in [2.75, 3.05) is 19.8 Å². The molecule has 1 N–H and O–H groups in total. The van der Waals surface area contributed by atoms with E-state index >= 15 is 0 Å². The number of ether oxygens (including phenoxy) is 1. The van der Waals surface area contributed by atoms with Gasteiger partial charge in [0.05, 0.1) is 0 Å². The lowest BCUT2D eigenvalue weighted by Crippen LogP contribution is -2.25. The molecule has 1 aromatic carbocycles. The summed E-state index contributed by atoms with van der Waals surface area (Å²) in [5.41, 5.74) is 0.666. The van der Waals surface area contributed by atoms with E-state index in [9.17, 15) is 9.59 Å². The Hall–Kier alpha value is -1.68. The van der Waals surface area contributed by atoms with Crippen LogP contribution in [0.4, 0.5) is 0 Å². The number of amides is 1. The molecule has 1 saturated carbocycles. The van der Waals surface area contributed by atoms with Gasteiger partial charge in [0.2, 0.25) is 5.91 Å². The number of carbonyl (C=O) groups is 2. The first kappa shape index (κ1) is 15.7. The zero-order valence-corrected chi connectivity index (χ0v) is 12.3. The van der Waals surface area contributed by atoms with Crippen molar-refractivity contribution < 1.29 is 14.3 Å². The highest BCUT2D eigenvalue weighted by atomic mass is 16.5. The summed E-state index contributed by atoms with van der Waals surface area (Å²) in [6.07, 6.45) is 3.92. The third kappa shape index (κ3) is 6.54. The molecule has 0 atom stereocenters. The lowest BCUT2D eigenvalue weighted by atomic mass is 10.1. The molecule has 0 aliphatic heterocycles. The monoisotopic (exact) mass is 289 g/mol. The minimum Gasteiger partial charge on any atom is -0.381 e. The SMILES string of the molecule is O=C(CCC(=O)c1ccccc1)NCCCOCC1CC1. The molecule has 4 nitrogen and oxygen atoms in total. The quantitative estimate of drug-likeness (QED) is 0.532. The van der Waals surface area contributed by atoms with Gasteiger partial charge in [-0.05, 0) is 25.2 Å². The van der Waals surface area contributed by atoms with Gasteiger partial charge in [0, 0.05) is 38.2 Å². The largest absolute Gasteiger partial charge is 0.381 e. The number of rotatable bonds is 10. The van der Waals surface area contributed by atoms with E-state index in [4.69, 9.17) is 4.74 Å². The number of Topliss-reactive ketones (excluding diaryl/α,β-unsaturated/α-hetero) is 1. The standard InChI is InChI=1S/C17H23NO3/c19-16(15-5-2-1-3-6-15)9-10-17(20)18-11-4-12-21-13-14-7-8-14/h1-3,5-6,14H,4,7-13H2,(H,18,20). The second-order valence-electron chi connectivity index (χ2n) is 5.51. The third-order valence-electron chi connectivity index (χ3n) is 3.51. The summed E-state index contributed by atoms with van der Waals surface area (Å²) in [4.78, 5) is 23.5. The number of hydrogen-bond donors (Lipinski definition) is 1. The second kappa shape index (κ2) is 8.57. The molecule has 1 fully saturated rings. The minimum atomic E-state index is -0.0681. The predicted molar refractivity (Wildman–Crippen MR) is 81.2 cm³/mol. The average molecular weight is 289 g/mol. The first-order valence-electron chi connectivity index (χ1n) is 7.68. The number of benzene rings is 1. The van der Waals surface area contributed by atoms with Crippen molar-refractivity contribution in [2.45, 2.75) is 32.1 Å². The molecule has 4 heteroatoms. The number of carbonyl (C=O) groups excluding carboxylic acids is 2. The molecule has 1 aliphatic carbocycles. The maximum Gasteiger partial charge on any atom is 0.220 e. The van der Waals surface area contributed by atoms with Crippen LogP contribution in [0.2, 0.25) is 0 Å². The molecule has 1 amide bonds. The molecular formula is C17H23NO3. The molecule has 0 saturated heterocycles. The number of nitrogens with one attached hydrogen (secondary N) is 1. The van der Waals surface area contributed by atoms with E-state index in [1.807, 2.05) is 18.2 Å². The van der Waals surface area contributed by atoms with Crippen LogP contribution in [0.3, 0.4) is 0 Å². The van der Waals surface area contributed by atoms with Crippen LogP contribution < -0.4 is 5.32 Å². The summed E-state index contributed by atoms with van der Waals surface area (Å²) >= 11 is 0. The van der Waals surface area contributed by atoms with E-state index in [-0.39, 0.29) is 24.5 Å². The van der Waals surface area contributed by atoms with Gasteiger partial charge in [0.15, 0.2) is 5.78 Å². The summed E-state index contributed by atoms with van der Waals surface area (Å²) in [6.45, 7) is 2.17. The predicted octanol–water partition coefficient (Wildman–Crippen LogP) is 2.58. The van der Waals surface area contributed by atoms with Gasteiger partial charge in [0.1, 0.15) is 0 Å². The minimum absolute atomic E-state index is 0.0125. The molecule has 0 spiro atoms. The summed E-state index contributed by atoms with van der Waals surface area (Å²) in [7, 11) is 0. The van der Waals surface area contributed by atoms with Crippen molar-refractivity contribution in [1.29, 1.82) is 0 Å². The van der Waals surface area contributed by atoms with Crippen LogP contribution in [-0.2, 0) is 9.53 Å². The van der Waals surface area contributed by atoms with Gasteiger partial charge >= 0.3 is 0 Å². The third-order valence-corrected chi connectivity index (χ3v) is 3.51. The van der Waals surface area contributed by atoms with Crippen molar-refractivity contribution in [2.24, 2.45) is 5.92 Å². The average Bonchev–Trinajstić information content (AvgIpc) is 3.33. The van der Waals surface area contributed by atoms with Gasteiger partial charge in [-0.2, -0.15) is 0 Å². The molecular weight excluding hydrogens is 266 g/mol. The first-order chi connectivity index (χ1) is 10.3. The Morgan fingerprint density at radius 2 is 1.90 bits per heavy atom. The smallest absolute Gasteiger partial charge is 0.220 e. The molecule has 0 bridgehead atoms. The van der Waals surface area contributed by atoms with Crippen molar-refractivity contribution in [3.05, 3.63) is 35.9 Å². The van der Waals surface area contributed by atoms with E-state index in [1.54, 1.807) is 12.1 Å². The molecule has 2 rings (SSSR count). The Morgan fingerprint density at radius 3 is 2.62 bits per heavy atom. The Balaban J connectivity index is 1.49. The summed E-state index contributed by atoms with van der Waals surface area (Å²) < 4.78 is 5.49. The Morgan fingerprint density at radius 1 is 1.14 bits per heavy atom. The van der Waals surface area contributed by atoms with E-state index in [2.05, 4.69) is 5.32 Å². The van der Waals surface area contributed by atoms with Gasteiger partial charge in [-0.25, -0.2) is 0 Å². The van der Waals surface area contributed by atoms with Crippen LogP contribution >= 0.6 is 0 Å². The van der Waals surface area contributed by atoms with Crippen molar-refractivity contribution in [1.82, 2.24) is 5.32 Å². The number of hydrogen-bond acceptors (Lipinski definition) is 3. The van der Waals surface area contributed by atoms with Crippen molar-refractivity contribution >= 4 is 11.7 Å². The fourth-order valence-corrected chi connectivity index (χ4v) is 2.02. The highest BCUT2D eigenvalue weighted by Crippen LogP contribution is 2.28. The molecule has 21 heavy (non-hydrogen) atoms. The van der Waals surface area contributed by atoms with Crippen molar-refractivity contribution in [3.8, 4) is 0 Å². The van der Waals surface area contributed by atoms with Crippen molar-refractivity contribution in [3.63, 3.8) is 0 Å². The Kier molecular flexibility index (Phi) is 6.41. The normalized spacial score (nSPS) is 13.9. The molecule has 0 aromatic heterocycles. The zero-order valence-electron chi connectivity index (χ0n) is 12.3. The highest BCUT2D eigenvalue weighted by Gasteiger charge is 2.20. The van der Waals surface area contributed by atoms with Gasteiger partial charge in [-0.3, -0.25) is 9.59 Å². The lowest BCUT2D eigenvalue weighted by molar-refractivity contribution is -0.121. The zero-order chi connectivity index (χ0) is 14.9. The molecule has 1 aliphatic rings. The van der Waals surface area contributed by atoms with E-state index in [0.717, 1.165) is 18.9 Å². The first-order valence-corrected chi connectivity index (χ1v) is 7.68. The maximum atomic E-state index is 11.8. The van der Waals surface area contributed by atoms with Crippen LogP contribution in [0, 0.1) is 5.92 Å². The van der Waals surface area contributed by atoms with Gasteiger partial charge in [-0.1, -0.05) is 30.3 Å². The van der Waals surface area contributed by atoms with Gasteiger partial charge in [0.25, 0.3) is 0 Å². The molecule has 0 radical (unpaired) electrons. The number of ketones is 1. The van der Waals surface area contributed by atoms with Crippen LogP contribution in [0.5, 0.6) is 0 Å². The molecule has 114 valence electrons. The lowest BCUT2D eigenvalue weighted by Gasteiger charge is -2.06. The summed E-state index contributed by atoms with van der Waals surface area (Å²) in [5.74, 6) is 0.726. The van der Waals surface area contributed by atoms with E-state index in [0.29, 0.717) is 18.7 Å². The molecule has 1 aromatic rings. The topological polar surface area (TPSA) is 55.4 Å². The van der Waals surface area contributed by atoms with Crippen LogP contribution in [0.1, 0.15) is 42.5 Å². The van der Waals surface area contributed by atoms with Gasteiger partial charge in [-0.15, -0.1) is 0 Å². The van der Waals surface area contributed by atoms with Gasteiger partial charge < -0.3 is 10.1 Å². The Labute approximate surface area is 125 Å². The second-order valence-corrected chi connectivity index (χ2v) is 5.51. The fraction of sp³-hybridized carbons (Fsp3) is 0.529. The maximum absolute atomic E-state index is 11.8. The van der Waals surface area contributed by atoms with Crippen LogP contribution in [0.15, 0.2) is 30.3 Å². The molecule has 0 heterocycles. The highest BCUT2D eigenvalue weighted by molar-refractivity contribution is 5.97. The van der Waals surface area contributed by atoms with Crippen LogP contribution in [0.25, 0.3) is 0 Å². The van der Waals surface area contributed by atoms with E-state index in [1.165, 1.54) is 12.8 Å². The van der Waals surface area contributed by atoms with Crippen LogP contribution in [-0.4, -0.2) is 31.4 Å². The Bertz CT molecular complexity index is 454. The fourth-order valence-electron chi connectivity index (χ4n) is 2.02.